The number of rotatable bonds is 8. The van der Waals surface area contributed by atoms with Crippen LogP contribution in [0.2, 0.25) is 0 Å². The Morgan fingerprint density at radius 2 is 1.79 bits per heavy atom. The summed E-state index contributed by atoms with van der Waals surface area (Å²) in [6.45, 7) is 2.82. The molecule has 0 aliphatic carbocycles. The standard InChI is InChI=1S/C15H20N4O4S/c1-11-10-12(23-3)4-5-13(11)24(20,21)19-15-7-6-14(17-18-15)16-8-9-22-2/h4-7,10H,8-9H2,1-3H3,(H,16,17)(H,18,19). The number of hydrogen-bond acceptors (Lipinski definition) is 7. The summed E-state index contributed by atoms with van der Waals surface area (Å²) in [6, 6.07) is 7.92. The molecule has 8 nitrogen and oxygen atoms in total. The van der Waals surface area contributed by atoms with Gasteiger partial charge < -0.3 is 14.8 Å². The van der Waals surface area contributed by atoms with Crippen molar-refractivity contribution in [2.24, 2.45) is 0 Å². The number of benzene rings is 1. The van der Waals surface area contributed by atoms with Crippen molar-refractivity contribution in [1.29, 1.82) is 0 Å². The smallest absolute Gasteiger partial charge is 0.263 e. The first-order valence-corrected chi connectivity index (χ1v) is 8.68. The molecule has 0 saturated carbocycles. The van der Waals surface area contributed by atoms with Gasteiger partial charge in [-0.2, -0.15) is 0 Å². The molecule has 1 heterocycles. The van der Waals surface area contributed by atoms with Gasteiger partial charge in [-0.1, -0.05) is 0 Å². The molecule has 0 amide bonds. The van der Waals surface area contributed by atoms with Gasteiger partial charge in [0.2, 0.25) is 0 Å². The van der Waals surface area contributed by atoms with Gasteiger partial charge in [-0.05, 0) is 42.8 Å². The summed E-state index contributed by atoms with van der Waals surface area (Å²) < 4.78 is 37.3. The third-order valence-corrected chi connectivity index (χ3v) is 4.70. The van der Waals surface area contributed by atoms with Crippen LogP contribution >= 0.6 is 0 Å². The van der Waals surface area contributed by atoms with E-state index in [-0.39, 0.29) is 10.7 Å². The number of aryl methyl sites for hydroxylation is 1. The fraction of sp³-hybridized carbons (Fsp3) is 0.333. The fourth-order valence-electron chi connectivity index (χ4n) is 2.01. The van der Waals surface area contributed by atoms with E-state index in [0.717, 1.165) is 0 Å². The van der Waals surface area contributed by atoms with Gasteiger partial charge in [0.15, 0.2) is 5.82 Å². The minimum absolute atomic E-state index is 0.141. The van der Waals surface area contributed by atoms with Crippen LogP contribution in [0, 0.1) is 6.92 Å². The topological polar surface area (TPSA) is 102 Å². The van der Waals surface area contributed by atoms with Crippen molar-refractivity contribution in [2.45, 2.75) is 11.8 Å². The summed E-state index contributed by atoms with van der Waals surface area (Å²) in [5.41, 5.74) is 0.577. The lowest BCUT2D eigenvalue weighted by atomic mass is 10.2. The van der Waals surface area contributed by atoms with E-state index in [1.165, 1.54) is 13.2 Å². The fourth-order valence-corrected chi connectivity index (χ4v) is 3.23. The summed E-state index contributed by atoms with van der Waals surface area (Å²) in [5, 5.41) is 10.8. The first-order chi connectivity index (χ1) is 11.5. The van der Waals surface area contributed by atoms with Gasteiger partial charge in [0, 0.05) is 13.7 Å². The second-order valence-electron chi connectivity index (χ2n) is 4.96. The summed E-state index contributed by atoms with van der Waals surface area (Å²) in [5.74, 6) is 1.27. The summed E-state index contributed by atoms with van der Waals surface area (Å²) >= 11 is 0. The predicted octanol–water partition coefficient (Wildman–Crippen LogP) is 1.65. The first-order valence-electron chi connectivity index (χ1n) is 7.20. The van der Waals surface area contributed by atoms with E-state index in [2.05, 4.69) is 20.2 Å². The number of nitrogens with zero attached hydrogens (tertiary/aromatic N) is 2. The van der Waals surface area contributed by atoms with Crippen molar-refractivity contribution >= 4 is 21.7 Å². The van der Waals surface area contributed by atoms with E-state index in [0.29, 0.717) is 30.3 Å². The highest BCUT2D eigenvalue weighted by Gasteiger charge is 2.18. The molecule has 130 valence electrons. The Morgan fingerprint density at radius 3 is 2.38 bits per heavy atom. The molecule has 2 rings (SSSR count). The molecule has 2 N–H and O–H groups in total. The Kier molecular flexibility index (Phi) is 5.93. The lowest BCUT2D eigenvalue weighted by Crippen LogP contribution is -2.16. The SMILES string of the molecule is COCCNc1ccc(NS(=O)(=O)c2ccc(OC)cc2C)nn1. The number of nitrogens with one attached hydrogen (secondary N) is 2. The largest absolute Gasteiger partial charge is 0.497 e. The number of methoxy groups -OCH3 is 2. The highest BCUT2D eigenvalue weighted by molar-refractivity contribution is 7.92. The summed E-state index contributed by atoms with van der Waals surface area (Å²) in [4.78, 5) is 0.160. The molecule has 2 aromatic rings. The van der Waals surface area contributed by atoms with Crippen molar-refractivity contribution in [2.75, 3.05) is 37.4 Å². The van der Waals surface area contributed by atoms with Crippen LogP contribution in [0.3, 0.4) is 0 Å². The van der Waals surface area contributed by atoms with E-state index in [1.54, 1.807) is 38.3 Å². The highest BCUT2D eigenvalue weighted by atomic mass is 32.2. The van der Waals surface area contributed by atoms with E-state index in [4.69, 9.17) is 9.47 Å². The van der Waals surface area contributed by atoms with Gasteiger partial charge >= 0.3 is 0 Å². The number of anilines is 2. The van der Waals surface area contributed by atoms with Crippen molar-refractivity contribution < 1.29 is 17.9 Å². The number of aromatic nitrogens is 2. The van der Waals surface area contributed by atoms with Crippen molar-refractivity contribution in [1.82, 2.24) is 10.2 Å². The summed E-state index contributed by atoms with van der Waals surface area (Å²) in [7, 11) is -0.621. The van der Waals surface area contributed by atoms with Crippen LogP contribution in [0.15, 0.2) is 35.2 Å². The van der Waals surface area contributed by atoms with Crippen molar-refractivity contribution in [3.8, 4) is 5.75 Å². The average Bonchev–Trinajstić information content (AvgIpc) is 2.56. The zero-order valence-electron chi connectivity index (χ0n) is 13.7. The first kappa shape index (κ1) is 18.0. The zero-order chi connectivity index (χ0) is 17.6. The Hall–Kier alpha value is -2.39. The Balaban J connectivity index is 2.11. The highest BCUT2D eigenvalue weighted by Crippen LogP contribution is 2.22. The number of ether oxygens (including phenoxy) is 2. The third kappa shape index (κ3) is 4.56. The normalized spacial score (nSPS) is 11.1. The van der Waals surface area contributed by atoms with Crippen LogP contribution < -0.4 is 14.8 Å². The van der Waals surface area contributed by atoms with Crippen LogP contribution in [0.5, 0.6) is 5.75 Å². The third-order valence-electron chi connectivity index (χ3n) is 3.19. The maximum atomic E-state index is 12.5. The monoisotopic (exact) mass is 352 g/mol. The second-order valence-corrected chi connectivity index (χ2v) is 6.61. The van der Waals surface area contributed by atoms with E-state index >= 15 is 0 Å². The molecular weight excluding hydrogens is 332 g/mol. The lowest BCUT2D eigenvalue weighted by molar-refractivity contribution is 0.210. The van der Waals surface area contributed by atoms with Crippen LogP contribution in [0.1, 0.15) is 5.56 Å². The molecule has 24 heavy (non-hydrogen) atoms. The quantitative estimate of drug-likeness (QED) is 0.696. The molecule has 0 atom stereocenters. The van der Waals surface area contributed by atoms with E-state index < -0.39 is 10.0 Å². The van der Waals surface area contributed by atoms with E-state index in [9.17, 15) is 8.42 Å². The molecule has 0 saturated heterocycles. The number of hydrogen-bond donors (Lipinski definition) is 2. The number of sulfonamides is 1. The van der Waals surface area contributed by atoms with E-state index in [1.807, 2.05) is 0 Å². The Morgan fingerprint density at radius 1 is 1.08 bits per heavy atom. The average molecular weight is 352 g/mol. The van der Waals surface area contributed by atoms with Crippen LogP contribution in [0.25, 0.3) is 0 Å². The van der Waals surface area contributed by atoms with Crippen LogP contribution in [-0.2, 0) is 14.8 Å². The minimum atomic E-state index is -3.75. The summed E-state index contributed by atoms with van der Waals surface area (Å²) in [6.07, 6.45) is 0. The van der Waals surface area contributed by atoms with Crippen LogP contribution in [0.4, 0.5) is 11.6 Å². The molecule has 0 aliphatic heterocycles. The molecule has 0 bridgehead atoms. The van der Waals surface area contributed by atoms with Crippen molar-refractivity contribution in [3.05, 3.63) is 35.9 Å². The molecule has 0 fully saturated rings. The van der Waals surface area contributed by atoms with Crippen LogP contribution in [-0.4, -0.2) is 46.0 Å². The maximum Gasteiger partial charge on any atom is 0.263 e. The Labute approximate surface area is 141 Å². The molecule has 1 aromatic carbocycles. The predicted molar refractivity (Wildman–Crippen MR) is 90.9 cm³/mol. The van der Waals surface area contributed by atoms with Gasteiger partial charge in [0.25, 0.3) is 10.0 Å². The van der Waals surface area contributed by atoms with Gasteiger partial charge in [0.1, 0.15) is 11.6 Å². The molecule has 1 aromatic heterocycles. The second kappa shape index (κ2) is 7.93. The minimum Gasteiger partial charge on any atom is -0.497 e. The van der Waals surface area contributed by atoms with Gasteiger partial charge in [-0.3, -0.25) is 4.72 Å². The van der Waals surface area contributed by atoms with Gasteiger partial charge in [-0.25, -0.2) is 8.42 Å². The Bertz CT molecular complexity index is 779. The molecule has 0 spiro atoms. The van der Waals surface area contributed by atoms with Gasteiger partial charge in [0.05, 0.1) is 18.6 Å². The lowest BCUT2D eigenvalue weighted by Gasteiger charge is -2.11. The molecule has 0 radical (unpaired) electrons. The van der Waals surface area contributed by atoms with Crippen molar-refractivity contribution in [3.63, 3.8) is 0 Å². The maximum absolute atomic E-state index is 12.5. The molecule has 0 unspecified atom stereocenters. The van der Waals surface area contributed by atoms with Gasteiger partial charge in [-0.15, -0.1) is 10.2 Å². The molecule has 0 aliphatic rings. The molecular formula is C15H20N4O4S. The molecule has 9 heteroatoms. The zero-order valence-corrected chi connectivity index (χ0v) is 14.6.